The summed E-state index contributed by atoms with van der Waals surface area (Å²) in [6.07, 6.45) is 0.533. The van der Waals surface area contributed by atoms with Gasteiger partial charge in [-0.2, -0.15) is 0 Å². The topological polar surface area (TPSA) is 64.9 Å². The van der Waals surface area contributed by atoms with Crippen molar-refractivity contribution in [3.8, 4) is 0 Å². The molecule has 0 radical (unpaired) electrons. The van der Waals surface area contributed by atoms with Crippen molar-refractivity contribution in [3.05, 3.63) is 0 Å². The summed E-state index contributed by atoms with van der Waals surface area (Å²) >= 11 is 0. The number of aliphatic hydroxyl groups excluding tert-OH is 1. The summed E-state index contributed by atoms with van der Waals surface area (Å²) in [5.41, 5.74) is 0. The summed E-state index contributed by atoms with van der Waals surface area (Å²) in [5.74, 6) is 1.40. The molecule has 20 heavy (non-hydrogen) atoms. The van der Waals surface area contributed by atoms with Gasteiger partial charge in [-0.05, 0) is 34.1 Å². The van der Waals surface area contributed by atoms with Gasteiger partial charge in [-0.1, -0.05) is 0 Å². The Morgan fingerprint density at radius 2 is 2.15 bits per heavy atom. The number of hydrogen-bond acceptors (Lipinski definition) is 3. The molecule has 0 aromatic carbocycles. The molecule has 0 aliphatic carbocycles. The molecular formula is C13H28IN3O2S. The fourth-order valence-electron chi connectivity index (χ4n) is 1.90. The molecule has 0 aromatic rings. The quantitative estimate of drug-likeness (QED) is 0.410. The lowest BCUT2D eigenvalue weighted by molar-refractivity contribution is 0.188. The summed E-state index contributed by atoms with van der Waals surface area (Å²) in [4.78, 5) is 6.57. The average Bonchev–Trinajstić information content (AvgIpc) is 2.73. The lowest BCUT2D eigenvalue weighted by atomic mass is 10.3. The SMILES string of the molecule is CCNC(=NCCS(=O)C(C)(C)C)N1CC[C@@H](O)C1.I. The number of aliphatic hydroxyl groups is 1. The van der Waals surface area contributed by atoms with Crippen LogP contribution < -0.4 is 5.32 Å². The van der Waals surface area contributed by atoms with Crippen molar-refractivity contribution >= 4 is 40.7 Å². The van der Waals surface area contributed by atoms with Crippen molar-refractivity contribution in [3.63, 3.8) is 0 Å². The van der Waals surface area contributed by atoms with Gasteiger partial charge in [0.05, 0.1) is 12.6 Å². The van der Waals surface area contributed by atoms with Gasteiger partial charge in [-0.15, -0.1) is 24.0 Å². The summed E-state index contributed by atoms with van der Waals surface area (Å²) in [7, 11) is -0.869. The first-order valence-corrected chi connectivity index (χ1v) is 8.26. The molecule has 1 unspecified atom stereocenters. The van der Waals surface area contributed by atoms with E-state index in [0.29, 0.717) is 18.8 Å². The van der Waals surface area contributed by atoms with E-state index in [1.165, 1.54) is 0 Å². The Labute approximate surface area is 142 Å². The highest BCUT2D eigenvalue weighted by molar-refractivity contribution is 14.0. The summed E-state index contributed by atoms with van der Waals surface area (Å²) in [5, 5.41) is 12.8. The zero-order valence-corrected chi connectivity index (χ0v) is 16.0. The van der Waals surface area contributed by atoms with Crippen LogP contribution in [0.25, 0.3) is 0 Å². The van der Waals surface area contributed by atoms with Crippen LogP contribution in [0.15, 0.2) is 4.99 Å². The van der Waals surface area contributed by atoms with Crippen molar-refractivity contribution in [1.29, 1.82) is 0 Å². The van der Waals surface area contributed by atoms with Gasteiger partial charge >= 0.3 is 0 Å². The molecule has 0 spiro atoms. The molecule has 0 bridgehead atoms. The predicted molar refractivity (Wildman–Crippen MR) is 96.4 cm³/mol. The number of aliphatic imine (C=N–C) groups is 1. The molecule has 2 atom stereocenters. The van der Waals surface area contributed by atoms with E-state index in [1.54, 1.807) is 0 Å². The number of halogens is 1. The molecule has 1 aliphatic rings. The third kappa shape index (κ3) is 6.71. The number of rotatable bonds is 4. The molecule has 7 heteroatoms. The highest BCUT2D eigenvalue weighted by Crippen LogP contribution is 2.11. The number of nitrogens with one attached hydrogen (secondary N) is 1. The molecule has 0 amide bonds. The Bertz CT molecular complexity index is 345. The second kappa shape index (κ2) is 9.19. The van der Waals surface area contributed by atoms with Crippen LogP contribution in [0.5, 0.6) is 0 Å². The predicted octanol–water partition coefficient (Wildman–Crippen LogP) is 1.18. The highest BCUT2D eigenvalue weighted by atomic mass is 127. The van der Waals surface area contributed by atoms with Gasteiger partial charge in [-0.3, -0.25) is 9.20 Å². The Hall–Kier alpha value is 0.110. The highest BCUT2D eigenvalue weighted by Gasteiger charge is 2.23. The van der Waals surface area contributed by atoms with Crippen molar-refractivity contribution in [2.45, 2.75) is 45.0 Å². The van der Waals surface area contributed by atoms with Gasteiger partial charge in [0.15, 0.2) is 5.96 Å². The van der Waals surface area contributed by atoms with E-state index in [0.717, 1.165) is 25.5 Å². The molecule has 1 saturated heterocycles. The minimum absolute atomic E-state index is 0. The molecule has 0 saturated carbocycles. The van der Waals surface area contributed by atoms with Crippen LogP contribution in [-0.2, 0) is 10.8 Å². The lowest BCUT2D eigenvalue weighted by Crippen LogP contribution is -2.40. The third-order valence-electron chi connectivity index (χ3n) is 3.02. The van der Waals surface area contributed by atoms with Crippen LogP contribution in [0.3, 0.4) is 0 Å². The molecule has 1 fully saturated rings. The molecule has 1 rings (SSSR count). The molecule has 120 valence electrons. The van der Waals surface area contributed by atoms with E-state index < -0.39 is 10.8 Å². The number of guanidine groups is 1. The molecule has 2 N–H and O–H groups in total. The molecular weight excluding hydrogens is 389 g/mol. The van der Waals surface area contributed by atoms with Crippen LogP contribution >= 0.6 is 24.0 Å². The Morgan fingerprint density at radius 1 is 1.50 bits per heavy atom. The van der Waals surface area contributed by atoms with Crippen molar-refractivity contribution in [2.75, 3.05) is 31.9 Å². The van der Waals surface area contributed by atoms with Gasteiger partial charge < -0.3 is 15.3 Å². The van der Waals surface area contributed by atoms with Gasteiger partial charge in [-0.25, -0.2) is 0 Å². The van der Waals surface area contributed by atoms with Crippen molar-refractivity contribution in [2.24, 2.45) is 4.99 Å². The van der Waals surface area contributed by atoms with Crippen molar-refractivity contribution in [1.82, 2.24) is 10.2 Å². The summed E-state index contributed by atoms with van der Waals surface area (Å²) < 4.78 is 11.8. The van der Waals surface area contributed by atoms with Crippen LogP contribution in [0.1, 0.15) is 34.1 Å². The van der Waals surface area contributed by atoms with Gasteiger partial charge in [0.25, 0.3) is 0 Å². The summed E-state index contributed by atoms with van der Waals surface area (Å²) in [6, 6.07) is 0. The Morgan fingerprint density at radius 3 is 2.60 bits per heavy atom. The van der Waals surface area contributed by atoms with Crippen LogP contribution in [-0.4, -0.2) is 63.0 Å². The van der Waals surface area contributed by atoms with Crippen LogP contribution in [0.2, 0.25) is 0 Å². The smallest absolute Gasteiger partial charge is 0.194 e. The molecule has 0 aromatic heterocycles. The maximum atomic E-state index is 11.9. The van der Waals surface area contributed by atoms with E-state index in [4.69, 9.17) is 0 Å². The molecule has 5 nitrogen and oxygen atoms in total. The zero-order chi connectivity index (χ0) is 14.5. The van der Waals surface area contributed by atoms with E-state index in [-0.39, 0.29) is 34.8 Å². The first kappa shape index (κ1) is 20.1. The number of β-amino-alcohol motifs (C(OH)–C–C–N with tert-alkyl or cyclic N) is 1. The van der Waals surface area contributed by atoms with Crippen LogP contribution in [0, 0.1) is 0 Å². The fourth-order valence-corrected chi connectivity index (χ4v) is 2.77. The minimum Gasteiger partial charge on any atom is -0.391 e. The minimum atomic E-state index is -0.869. The second-order valence-electron chi connectivity index (χ2n) is 5.79. The zero-order valence-electron chi connectivity index (χ0n) is 12.9. The van der Waals surface area contributed by atoms with Gasteiger partial charge in [0, 0.05) is 40.9 Å². The van der Waals surface area contributed by atoms with Crippen LogP contribution in [0.4, 0.5) is 0 Å². The normalized spacial score (nSPS) is 21.6. The Kier molecular flexibility index (Phi) is 9.24. The van der Waals surface area contributed by atoms with E-state index in [1.807, 2.05) is 27.7 Å². The van der Waals surface area contributed by atoms with E-state index in [9.17, 15) is 9.32 Å². The number of hydrogen-bond donors (Lipinski definition) is 2. The fraction of sp³-hybridized carbons (Fsp3) is 0.923. The van der Waals surface area contributed by atoms with E-state index in [2.05, 4.69) is 15.2 Å². The number of nitrogens with zero attached hydrogens (tertiary/aromatic N) is 2. The second-order valence-corrected chi connectivity index (χ2v) is 8.11. The van der Waals surface area contributed by atoms with Gasteiger partial charge in [0.2, 0.25) is 0 Å². The molecule has 1 aliphatic heterocycles. The monoisotopic (exact) mass is 417 g/mol. The summed E-state index contributed by atoms with van der Waals surface area (Å²) in [6.45, 7) is 10.8. The maximum absolute atomic E-state index is 11.9. The first-order chi connectivity index (χ1) is 8.84. The third-order valence-corrected chi connectivity index (χ3v) is 4.94. The number of likely N-dealkylation sites (tertiary alicyclic amines) is 1. The van der Waals surface area contributed by atoms with Crippen molar-refractivity contribution < 1.29 is 9.32 Å². The average molecular weight is 417 g/mol. The Balaban J connectivity index is 0.00000361. The lowest BCUT2D eigenvalue weighted by Gasteiger charge is -2.21. The largest absolute Gasteiger partial charge is 0.391 e. The standard InChI is InChI=1S/C13H27N3O2S.HI/c1-5-14-12(16-8-6-11(17)10-16)15-7-9-19(18)13(2,3)4;/h11,17H,5-10H2,1-4H3,(H,14,15);1H/t11-,19?;/m1./s1. The maximum Gasteiger partial charge on any atom is 0.194 e. The van der Waals surface area contributed by atoms with E-state index >= 15 is 0 Å². The molecule has 1 heterocycles. The van der Waals surface area contributed by atoms with Gasteiger partial charge in [0.1, 0.15) is 0 Å². The first-order valence-electron chi connectivity index (χ1n) is 6.94.